The Morgan fingerprint density at radius 2 is 2.31 bits per heavy atom. The molecule has 5 heteroatoms. The van der Waals surface area contributed by atoms with Crippen LogP contribution in [0.4, 0.5) is 0 Å². The van der Waals surface area contributed by atoms with Crippen LogP contribution in [0.1, 0.15) is 26.7 Å². The number of carbonyl (C=O) groups is 2. The number of aliphatic hydroxyl groups is 1. The first kappa shape index (κ1) is 11.9. The zero-order valence-corrected chi connectivity index (χ0v) is 10.4. The summed E-state index contributed by atoms with van der Waals surface area (Å²) >= 11 is 1.53. The van der Waals surface area contributed by atoms with E-state index in [1.165, 1.54) is 16.7 Å². The molecule has 4 nitrogen and oxygen atoms in total. The van der Waals surface area contributed by atoms with Crippen molar-refractivity contribution in [2.75, 3.05) is 6.54 Å². The van der Waals surface area contributed by atoms with E-state index in [4.69, 9.17) is 0 Å². The van der Waals surface area contributed by atoms with Crippen molar-refractivity contribution in [3.8, 4) is 0 Å². The van der Waals surface area contributed by atoms with Gasteiger partial charge in [0.15, 0.2) is 5.72 Å². The first-order valence-electron chi connectivity index (χ1n) is 5.65. The lowest BCUT2D eigenvalue weighted by atomic mass is 10.0. The van der Waals surface area contributed by atoms with Crippen LogP contribution < -0.4 is 0 Å². The van der Waals surface area contributed by atoms with Crippen molar-refractivity contribution in [1.29, 1.82) is 0 Å². The summed E-state index contributed by atoms with van der Waals surface area (Å²) in [5, 5.41) is 10.5. The molecule has 0 radical (unpaired) electrons. The van der Waals surface area contributed by atoms with Gasteiger partial charge < -0.3 is 14.8 Å². The quantitative estimate of drug-likeness (QED) is 0.583. The summed E-state index contributed by atoms with van der Waals surface area (Å²) in [6.07, 6.45) is 2.11. The van der Waals surface area contributed by atoms with Gasteiger partial charge in [-0.15, -0.1) is 11.8 Å². The largest absolute Gasteiger partial charge is 0.370 e. The standard InChI is InChI=1S/C11H17NO3S/c1-7(2)16-9-8(6-13)10(14)12-5-3-4-11(9,12)15/h6-9,15H,3-5H2,1-2H3/t8-,9+,11+/m0/s1. The predicted molar refractivity (Wildman–Crippen MR) is 62.0 cm³/mol. The number of carbonyl (C=O) groups excluding carboxylic acids is 2. The number of thioether (sulfide) groups is 1. The molecular weight excluding hydrogens is 226 g/mol. The first-order chi connectivity index (χ1) is 7.50. The maximum Gasteiger partial charge on any atom is 0.236 e. The van der Waals surface area contributed by atoms with Gasteiger partial charge in [0.2, 0.25) is 5.91 Å². The van der Waals surface area contributed by atoms with E-state index in [1.807, 2.05) is 13.8 Å². The van der Waals surface area contributed by atoms with Gasteiger partial charge in [-0.3, -0.25) is 4.79 Å². The summed E-state index contributed by atoms with van der Waals surface area (Å²) in [6, 6.07) is 0. The number of aldehydes is 1. The minimum absolute atomic E-state index is 0.201. The van der Waals surface area contributed by atoms with Crippen LogP contribution in [0.25, 0.3) is 0 Å². The lowest BCUT2D eigenvalue weighted by Crippen LogP contribution is -2.46. The molecule has 0 aromatic heterocycles. The molecule has 0 aromatic carbocycles. The molecule has 90 valence electrons. The van der Waals surface area contributed by atoms with Crippen LogP contribution >= 0.6 is 11.8 Å². The number of hydrogen-bond donors (Lipinski definition) is 1. The SMILES string of the molecule is CC(C)S[C@@H]1[C@H](C=O)C(=O)N2CCC[C@@]12O. The summed E-state index contributed by atoms with van der Waals surface area (Å²) in [5.74, 6) is -0.870. The van der Waals surface area contributed by atoms with Crippen LogP contribution in [-0.2, 0) is 9.59 Å². The average Bonchev–Trinajstić information content (AvgIpc) is 2.66. The van der Waals surface area contributed by atoms with Gasteiger partial charge in [0.05, 0.1) is 5.25 Å². The summed E-state index contributed by atoms with van der Waals surface area (Å²) in [7, 11) is 0. The Balaban J connectivity index is 2.30. The molecule has 16 heavy (non-hydrogen) atoms. The minimum Gasteiger partial charge on any atom is -0.370 e. The fraction of sp³-hybridized carbons (Fsp3) is 0.818. The van der Waals surface area contributed by atoms with Crippen molar-refractivity contribution < 1.29 is 14.7 Å². The van der Waals surface area contributed by atoms with E-state index in [2.05, 4.69) is 0 Å². The number of hydrogen-bond acceptors (Lipinski definition) is 4. The molecule has 0 unspecified atom stereocenters. The fourth-order valence-electron chi connectivity index (χ4n) is 2.64. The molecule has 0 spiro atoms. The molecule has 2 heterocycles. The van der Waals surface area contributed by atoms with Gasteiger partial charge in [0.1, 0.15) is 12.2 Å². The van der Waals surface area contributed by atoms with Gasteiger partial charge in [0, 0.05) is 6.54 Å². The molecule has 0 bridgehead atoms. The van der Waals surface area contributed by atoms with Crippen molar-refractivity contribution in [3.63, 3.8) is 0 Å². The Labute approximate surface area is 99.4 Å². The van der Waals surface area contributed by atoms with Gasteiger partial charge in [-0.05, 0) is 18.1 Å². The summed E-state index contributed by atoms with van der Waals surface area (Å²) < 4.78 is 0. The lowest BCUT2D eigenvalue weighted by molar-refractivity contribution is -0.140. The van der Waals surface area contributed by atoms with E-state index >= 15 is 0 Å². The molecule has 1 N–H and O–H groups in total. The summed E-state index contributed by atoms with van der Waals surface area (Å²) in [6.45, 7) is 4.60. The Morgan fingerprint density at radius 1 is 1.62 bits per heavy atom. The van der Waals surface area contributed by atoms with E-state index in [9.17, 15) is 14.7 Å². The fourth-order valence-corrected chi connectivity index (χ4v) is 4.04. The molecule has 0 aromatic rings. The highest BCUT2D eigenvalue weighted by Gasteiger charge is 2.60. The Morgan fingerprint density at radius 3 is 2.88 bits per heavy atom. The van der Waals surface area contributed by atoms with Gasteiger partial charge in [-0.25, -0.2) is 0 Å². The van der Waals surface area contributed by atoms with Crippen LogP contribution in [0.5, 0.6) is 0 Å². The predicted octanol–water partition coefficient (Wildman–Crippen LogP) is 0.636. The van der Waals surface area contributed by atoms with E-state index in [1.54, 1.807) is 0 Å². The minimum atomic E-state index is -1.09. The smallest absolute Gasteiger partial charge is 0.236 e. The third-order valence-corrected chi connectivity index (χ3v) is 4.80. The van der Waals surface area contributed by atoms with Gasteiger partial charge >= 0.3 is 0 Å². The molecule has 2 fully saturated rings. The molecule has 0 aliphatic carbocycles. The second-order valence-electron chi connectivity index (χ2n) is 4.74. The second kappa shape index (κ2) is 4.04. The molecule has 2 aliphatic heterocycles. The number of amides is 1. The first-order valence-corrected chi connectivity index (χ1v) is 6.59. The third kappa shape index (κ3) is 1.57. The summed E-state index contributed by atoms with van der Waals surface area (Å²) in [5.41, 5.74) is -1.09. The molecule has 3 atom stereocenters. The normalized spacial score (nSPS) is 38.2. The topological polar surface area (TPSA) is 57.6 Å². The maximum atomic E-state index is 11.9. The lowest BCUT2D eigenvalue weighted by Gasteiger charge is -2.32. The monoisotopic (exact) mass is 243 g/mol. The van der Waals surface area contributed by atoms with Crippen molar-refractivity contribution in [2.45, 2.75) is 42.9 Å². The highest BCUT2D eigenvalue weighted by molar-refractivity contribution is 8.00. The van der Waals surface area contributed by atoms with Crippen LogP contribution in [0.3, 0.4) is 0 Å². The van der Waals surface area contributed by atoms with Crippen molar-refractivity contribution in [1.82, 2.24) is 4.90 Å². The van der Waals surface area contributed by atoms with E-state index in [-0.39, 0.29) is 11.2 Å². The number of rotatable bonds is 3. The van der Waals surface area contributed by atoms with Gasteiger partial charge in [-0.1, -0.05) is 13.8 Å². The van der Waals surface area contributed by atoms with E-state index < -0.39 is 11.6 Å². The Kier molecular flexibility index (Phi) is 3.01. The molecule has 1 amide bonds. The molecule has 2 aliphatic rings. The summed E-state index contributed by atoms with van der Waals surface area (Å²) in [4.78, 5) is 24.4. The van der Waals surface area contributed by atoms with Crippen LogP contribution in [0.15, 0.2) is 0 Å². The van der Waals surface area contributed by atoms with E-state index in [0.29, 0.717) is 24.5 Å². The van der Waals surface area contributed by atoms with Crippen molar-refractivity contribution in [2.24, 2.45) is 5.92 Å². The highest BCUT2D eigenvalue weighted by atomic mass is 32.2. The van der Waals surface area contributed by atoms with Crippen LogP contribution in [0.2, 0.25) is 0 Å². The maximum absolute atomic E-state index is 11.9. The third-order valence-electron chi connectivity index (χ3n) is 3.29. The van der Waals surface area contributed by atoms with Crippen LogP contribution in [-0.4, -0.2) is 45.0 Å². The zero-order chi connectivity index (χ0) is 11.9. The second-order valence-corrected chi connectivity index (χ2v) is 6.46. The highest BCUT2D eigenvalue weighted by Crippen LogP contribution is 2.46. The van der Waals surface area contributed by atoms with Gasteiger partial charge in [0.25, 0.3) is 0 Å². The van der Waals surface area contributed by atoms with Crippen molar-refractivity contribution in [3.05, 3.63) is 0 Å². The number of fused-ring (bicyclic) bond motifs is 1. The Bertz CT molecular complexity index is 320. The molecule has 2 saturated heterocycles. The van der Waals surface area contributed by atoms with Crippen molar-refractivity contribution >= 4 is 24.0 Å². The Hall–Kier alpha value is -0.550. The number of nitrogens with zero attached hydrogens (tertiary/aromatic N) is 1. The molecular formula is C11H17NO3S. The van der Waals surface area contributed by atoms with Crippen LogP contribution in [0, 0.1) is 5.92 Å². The van der Waals surface area contributed by atoms with E-state index in [0.717, 1.165) is 6.42 Å². The van der Waals surface area contributed by atoms with Gasteiger partial charge in [-0.2, -0.15) is 0 Å². The zero-order valence-electron chi connectivity index (χ0n) is 9.55. The average molecular weight is 243 g/mol. The molecule has 0 saturated carbocycles. The molecule has 2 rings (SSSR count).